The highest BCUT2D eigenvalue weighted by Crippen LogP contribution is 2.39. The van der Waals surface area contributed by atoms with Crippen LogP contribution in [0.1, 0.15) is 31.2 Å². The van der Waals surface area contributed by atoms with Crippen molar-refractivity contribution >= 4 is 0 Å². The lowest BCUT2D eigenvalue weighted by Crippen LogP contribution is -2.67. The number of hydrogen-bond acceptors (Lipinski definition) is 3. The Morgan fingerprint density at radius 1 is 1.18 bits per heavy atom. The van der Waals surface area contributed by atoms with Gasteiger partial charge in [0.2, 0.25) is 0 Å². The molecule has 0 spiro atoms. The van der Waals surface area contributed by atoms with Gasteiger partial charge < -0.3 is 5.32 Å². The quantitative estimate of drug-likeness (QED) is 0.834. The Balaban J connectivity index is 1.55. The van der Waals surface area contributed by atoms with Crippen molar-refractivity contribution in [1.29, 1.82) is 0 Å². The summed E-state index contributed by atoms with van der Waals surface area (Å²) in [6, 6.07) is 7.51. The molecule has 3 heteroatoms. The van der Waals surface area contributed by atoms with Crippen molar-refractivity contribution in [3.05, 3.63) is 30.1 Å². The largest absolute Gasteiger partial charge is 0.311 e. The molecule has 0 radical (unpaired) electrons. The summed E-state index contributed by atoms with van der Waals surface area (Å²) in [5, 5.41) is 3.76. The van der Waals surface area contributed by atoms with E-state index in [2.05, 4.69) is 21.3 Å². The lowest BCUT2D eigenvalue weighted by molar-refractivity contribution is -0.0360. The molecule has 0 atom stereocenters. The van der Waals surface area contributed by atoms with E-state index in [0.29, 0.717) is 0 Å². The Hall–Kier alpha value is -0.930. The van der Waals surface area contributed by atoms with E-state index in [1.807, 2.05) is 18.5 Å². The van der Waals surface area contributed by atoms with Crippen LogP contribution >= 0.6 is 0 Å². The van der Waals surface area contributed by atoms with Gasteiger partial charge in [-0.25, -0.2) is 0 Å². The van der Waals surface area contributed by atoms with E-state index in [-0.39, 0.29) is 0 Å². The van der Waals surface area contributed by atoms with E-state index in [4.69, 9.17) is 0 Å². The van der Waals surface area contributed by atoms with E-state index in [9.17, 15) is 0 Å². The Morgan fingerprint density at radius 3 is 2.47 bits per heavy atom. The van der Waals surface area contributed by atoms with Crippen molar-refractivity contribution in [2.24, 2.45) is 0 Å². The Bertz CT molecular complexity index is 375. The minimum Gasteiger partial charge on any atom is -0.311 e. The monoisotopic (exact) mass is 229 g/mol. The predicted octanol–water partition coefficient (Wildman–Crippen LogP) is 1.55. The molecule has 4 saturated heterocycles. The second-order valence-electron chi connectivity index (χ2n) is 5.84. The molecule has 0 aliphatic carbocycles. The third-order valence-corrected chi connectivity index (χ3v) is 4.72. The number of hydrogen-bond donors (Lipinski definition) is 1. The van der Waals surface area contributed by atoms with E-state index in [1.54, 1.807) is 0 Å². The molecule has 0 saturated carbocycles. The standard InChI is InChI=1S/C14H19N3/c1-2-10(8-15-3-1)9-17-13-4-11-5-14(17)7-12(6-13)16-11/h1-3,8,11-14,16H,4-7,9H2. The Labute approximate surface area is 102 Å². The first kappa shape index (κ1) is 10.0. The Morgan fingerprint density at radius 2 is 1.88 bits per heavy atom. The van der Waals surface area contributed by atoms with Gasteiger partial charge in [0.1, 0.15) is 0 Å². The zero-order valence-corrected chi connectivity index (χ0v) is 10.0. The highest BCUT2D eigenvalue weighted by molar-refractivity contribution is 5.12. The van der Waals surface area contributed by atoms with E-state index >= 15 is 0 Å². The SMILES string of the molecule is c1cncc(CN2C3CC4CC2CC(C3)N4)c1. The van der Waals surface area contributed by atoms with Crippen molar-refractivity contribution in [1.82, 2.24) is 15.2 Å². The van der Waals surface area contributed by atoms with Gasteiger partial charge in [0.15, 0.2) is 0 Å². The fourth-order valence-corrected chi connectivity index (χ4v) is 4.10. The topological polar surface area (TPSA) is 28.2 Å². The molecule has 0 aromatic carbocycles. The average Bonchev–Trinajstić information content (AvgIpc) is 2.34. The van der Waals surface area contributed by atoms with Crippen molar-refractivity contribution in [2.75, 3.05) is 0 Å². The third-order valence-electron chi connectivity index (χ3n) is 4.72. The van der Waals surface area contributed by atoms with Crippen molar-refractivity contribution in [2.45, 2.75) is 56.4 Å². The summed E-state index contributed by atoms with van der Waals surface area (Å²) in [7, 11) is 0. The number of nitrogens with zero attached hydrogens (tertiary/aromatic N) is 2. The molecule has 5 heterocycles. The maximum absolute atomic E-state index is 4.23. The van der Waals surface area contributed by atoms with Crippen LogP contribution in [0.25, 0.3) is 0 Å². The van der Waals surface area contributed by atoms with Gasteiger partial charge >= 0.3 is 0 Å². The molecule has 3 nitrogen and oxygen atoms in total. The van der Waals surface area contributed by atoms with Gasteiger partial charge in [0.25, 0.3) is 0 Å². The minimum atomic E-state index is 0.808. The molecule has 0 amide bonds. The summed E-state index contributed by atoms with van der Waals surface area (Å²) in [4.78, 5) is 6.97. The highest BCUT2D eigenvalue weighted by atomic mass is 15.3. The van der Waals surface area contributed by atoms with E-state index < -0.39 is 0 Å². The first-order chi connectivity index (χ1) is 8.38. The highest BCUT2D eigenvalue weighted by Gasteiger charge is 2.46. The van der Waals surface area contributed by atoms with Crippen molar-refractivity contribution in [3.8, 4) is 0 Å². The van der Waals surface area contributed by atoms with Crippen LogP contribution in [-0.4, -0.2) is 34.1 Å². The predicted molar refractivity (Wildman–Crippen MR) is 66.5 cm³/mol. The molecule has 1 aromatic rings. The maximum Gasteiger partial charge on any atom is 0.0312 e. The molecule has 4 fully saturated rings. The van der Waals surface area contributed by atoms with Crippen LogP contribution in [-0.2, 0) is 6.54 Å². The zero-order chi connectivity index (χ0) is 11.2. The van der Waals surface area contributed by atoms with Crippen molar-refractivity contribution < 1.29 is 0 Å². The first-order valence-electron chi connectivity index (χ1n) is 6.79. The number of aromatic nitrogens is 1. The third kappa shape index (κ3) is 1.69. The van der Waals surface area contributed by atoms with Crippen LogP contribution in [0.4, 0.5) is 0 Å². The van der Waals surface area contributed by atoms with Crippen LogP contribution in [0.2, 0.25) is 0 Å². The van der Waals surface area contributed by atoms with Crippen LogP contribution in [0.3, 0.4) is 0 Å². The van der Waals surface area contributed by atoms with Gasteiger partial charge in [-0.3, -0.25) is 9.88 Å². The first-order valence-corrected chi connectivity index (χ1v) is 6.79. The number of piperidine rings is 4. The molecule has 4 bridgehead atoms. The van der Waals surface area contributed by atoms with Crippen molar-refractivity contribution in [3.63, 3.8) is 0 Å². The maximum atomic E-state index is 4.23. The van der Waals surface area contributed by atoms with Crippen LogP contribution < -0.4 is 5.32 Å². The molecule has 4 aliphatic rings. The summed E-state index contributed by atoms with van der Waals surface area (Å²) in [6.45, 7) is 1.10. The van der Waals surface area contributed by atoms with E-state index in [1.165, 1.54) is 31.2 Å². The second-order valence-corrected chi connectivity index (χ2v) is 5.84. The molecular weight excluding hydrogens is 210 g/mol. The molecule has 1 N–H and O–H groups in total. The molecular formula is C14H19N3. The van der Waals surface area contributed by atoms with Gasteiger partial charge in [-0.05, 0) is 37.3 Å². The van der Waals surface area contributed by atoms with Gasteiger partial charge in [-0.2, -0.15) is 0 Å². The van der Waals surface area contributed by atoms with Crippen LogP contribution in [0, 0.1) is 0 Å². The molecule has 17 heavy (non-hydrogen) atoms. The summed E-state index contributed by atoms with van der Waals surface area (Å²) in [5.41, 5.74) is 1.37. The molecule has 1 aromatic heterocycles. The molecule has 5 rings (SSSR count). The summed E-state index contributed by atoms with van der Waals surface area (Å²) in [6.07, 6.45) is 9.30. The fraction of sp³-hybridized carbons (Fsp3) is 0.643. The lowest BCUT2D eigenvalue weighted by Gasteiger charge is -2.57. The van der Waals surface area contributed by atoms with Crippen LogP contribution in [0.5, 0.6) is 0 Å². The van der Waals surface area contributed by atoms with Gasteiger partial charge in [-0.15, -0.1) is 0 Å². The Kier molecular flexibility index (Phi) is 2.24. The zero-order valence-electron chi connectivity index (χ0n) is 10.0. The molecule has 90 valence electrons. The average molecular weight is 229 g/mol. The second kappa shape index (κ2) is 3.79. The normalized spacial score (nSPS) is 39.8. The van der Waals surface area contributed by atoms with Gasteiger partial charge in [0.05, 0.1) is 0 Å². The minimum absolute atomic E-state index is 0.808. The number of rotatable bonds is 2. The van der Waals surface area contributed by atoms with Gasteiger partial charge in [-0.1, -0.05) is 6.07 Å². The molecule has 0 unspecified atom stereocenters. The smallest absolute Gasteiger partial charge is 0.0312 e. The number of nitrogens with one attached hydrogen (secondary N) is 1. The summed E-state index contributed by atoms with van der Waals surface area (Å²) in [5.74, 6) is 0. The number of pyridine rings is 1. The van der Waals surface area contributed by atoms with E-state index in [0.717, 1.165) is 30.7 Å². The van der Waals surface area contributed by atoms with Crippen LogP contribution in [0.15, 0.2) is 24.5 Å². The lowest BCUT2D eigenvalue weighted by atomic mass is 9.74. The summed E-state index contributed by atoms with van der Waals surface area (Å²) < 4.78 is 0. The fourth-order valence-electron chi connectivity index (χ4n) is 4.10. The van der Waals surface area contributed by atoms with Gasteiger partial charge in [0, 0.05) is 43.1 Å². The summed E-state index contributed by atoms with van der Waals surface area (Å²) >= 11 is 0. The molecule has 4 aliphatic heterocycles.